The molecule has 24 aromatic heterocycles. The van der Waals surface area contributed by atoms with Crippen LogP contribution in [0, 0.1) is 11.8 Å². The number of nitrogens with one attached hydrogen (secondary N) is 11. The number of H-pyrrole nitrogens is 8. The lowest BCUT2D eigenvalue weighted by Gasteiger charge is -2.20. The highest BCUT2D eigenvalue weighted by atomic mass is 16.1. The van der Waals surface area contributed by atoms with Crippen LogP contribution in [0.2, 0.25) is 0 Å². The summed E-state index contributed by atoms with van der Waals surface area (Å²) in [4.78, 5) is 121. The van der Waals surface area contributed by atoms with E-state index in [2.05, 4.69) is 198 Å². The number of pyridine rings is 15. The first-order chi connectivity index (χ1) is 72.2. The van der Waals surface area contributed by atoms with E-state index in [0.717, 1.165) is 235 Å². The van der Waals surface area contributed by atoms with E-state index >= 15 is 0 Å². The van der Waals surface area contributed by atoms with Crippen molar-refractivity contribution in [3.8, 4) is 136 Å². The van der Waals surface area contributed by atoms with Crippen LogP contribution >= 0.6 is 0 Å². The molecular formula is C109H88N36O. The predicted molar refractivity (Wildman–Crippen MR) is 557 cm³/mol. The van der Waals surface area contributed by atoms with E-state index in [4.69, 9.17) is 19.9 Å². The molecular weight excluding hydrogens is 1830 g/mol. The van der Waals surface area contributed by atoms with Gasteiger partial charge in [-0.1, -0.05) is 86.7 Å². The third kappa shape index (κ3) is 18.9. The van der Waals surface area contributed by atoms with Gasteiger partial charge in [0.1, 0.15) is 51.2 Å². The Kier molecular flexibility index (Phi) is 24.8. The summed E-state index contributed by atoms with van der Waals surface area (Å²) < 4.78 is 0. The number of fused-ring (bicyclic) bond motifs is 8. The highest BCUT2D eigenvalue weighted by Crippen LogP contribution is 2.40. The smallest absolute Gasteiger partial charge is 0.227 e. The second-order valence-corrected chi connectivity index (χ2v) is 35.8. The van der Waals surface area contributed by atoms with Crippen molar-refractivity contribution in [2.24, 2.45) is 11.8 Å². The number of benzene rings is 1. The van der Waals surface area contributed by atoms with Gasteiger partial charge in [-0.2, -0.15) is 20.4 Å². The van der Waals surface area contributed by atoms with Gasteiger partial charge in [0.05, 0.1) is 103 Å². The average Bonchev–Trinajstić information content (AvgIpc) is 1.63. The van der Waals surface area contributed by atoms with Crippen molar-refractivity contribution in [2.75, 3.05) is 11.9 Å². The fourth-order valence-corrected chi connectivity index (χ4v) is 18.8. The molecule has 146 heavy (non-hydrogen) atoms. The molecule has 0 unspecified atom stereocenters. The summed E-state index contributed by atoms with van der Waals surface area (Å²) in [5, 5.41) is 43.5. The van der Waals surface area contributed by atoms with Crippen molar-refractivity contribution in [3.05, 3.63) is 317 Å². The van der Waals surface area contributed by atoms with E-state index in [-0.39, 0.29) is 11.8 Å². The van der Waals surface area contributed by atoms with Crippen molar-refractivity contribution in [2.45, 2.75) is 77.4 Å². The monoisotopic (exact) mass is 1920 g/mol. The van der Waals surface area contributed by atoms with Crippen molar-refractivity contribution in [3.63, 3.8) is 0 Å². The zero-order chi connectivity index (χ0) is 97.4. The Labute approximate surface area is 829 Å². The van der Waals surface area contributed by atoms with E-state index in [0.29, 0.717) is 58.1 Å². The van der Waals surface area contributed by atoms with Gasteiger partial charge in [-0.15, -0.1) is 0 Å². The lowest BCUT2D eigenvalue weighted by atomic mass is 9.88. The number of rotatable bonds is 22. The minimum absolute atomic E-state index is 0.0730. The molecule has 24 heterocycles. The first-order valence-corrected chi connectivity index (χ1v) is 48.0. The molecule has 0 atom stereocenters. The maximum Gasteiger partial charge on any atom is 0.227 e. The van der Waals surface area contributed by atoms with Gasteiger partial charge < -0.3 is 35.9 Å². The quantitative estimate of drug-likeness (QED) is 0.0300. The average molecular weight is 1920 g/mol. The highest BCUT2D eigenvalue weighted by Gasteiger charge is 2.27. The maximum atomic E-state index is 12.8. The van der Waals surface area contributed by atoms with Gasteiger partial charge in [0.2, 0.25) is 5.91 Å². The third-order valence-electron chi connectivity index (χ3n) is 26.1. The molecule has 1 aromatic carbocycles. The van der Waals surface area contributed by atoms with E-state index in [1.807, 2.05) is 146 Å². The number of hydrogen-bond donors (Lipinski definition) is 11. The molecule has 710 valence electrons. The largest absolute Gasteiger partial charge is 0.335 e. The molecule has 2 saturated carbocycles. The molecule has 0 radical (unpaired) electrons. The van der Waals surface area contributed by atoms with Crippen LogP contribution in [0.25, 0.3) is 224 Å². The van der Waals surface area contributed by atoms with Crippen LogP contribution in [0.15, 0.2) is 301 Å². The van der Waals surface area contributed by atoms with E-state index < -0.39 is 0 Å². The van der Waals surface area contributed by atoms with E-state index in [1.54, 1.807) is 112 Å². The molecule has 11 N–H and O–H groups in total. The molecule has 2 aliphatic carbocycles. The van der Waals surface area contributed by atoms with Crippen LogP contribution in [0.5, 0.6) is 0 Å². The van der Waals surface area contributed by atoms with Crippen LogP contribution in [-0.2, 0) is 24.4 Å². The maximum absolute atomic E-state index is 12.8. The Hall–Kier alpha value is -19.3. The summed E-state index contributed by atoms with van der Waals surface area (Å²) in [7, 11) is 0. The number of carbonyl (C=O) groups excluding carboxylic acids is 1. The highest BCUT2D eigenvalue weighted by molar-refractivity contribution is 6.02. The molecule has 0 bridgehead atoms. The lowest BCUT2D eigenvalue weighted by Crippen LogP contribution is -2.24. The first kappa shape index (κ1) is 89.3. The van der Waals surface area contributed by atoms with Crippen LogP contribution in [-0.4, -0.2) is 178 Å². The zero-order valence-corrected chi connectivity index (χ0v) is 78.2. The Morgan fingerprint density at radius 3 is 1.02 bits per heavy atom. The van der Waals surface area contributed by atoms with Gasteiger partial charge in [-0.3, -0.25) is 80.0 Å². The van der Waals surface area contributed by atoms with Crippen LogP contribution in [0.3, 0.4) is 0 Å². The number of anilines is 1. The van der Waals surface area contributed by atoms with Crippen molar-refractivity contribution < 1.29 is 4.79 Å². The number of hydrogen-bond acceptors (Lipinski definition) is 28. The fourth-order valence-electron chi connectivity index (χ4n) is 18.8. The van der Waals surface area contributed by atoms with E-state index in [9.17, 15) is 4.79 Å². The normalized spacial score (nSPS) is 12.8. The molecule has 0 saturated heterocycles. The topological polar surface area (TPSA) is 502 Å². The molecule has 1 amide bonds. The molecule has 0 spiro atoms. The first-order valence-electron chi connectivity index (χ1n) is 48.0. The minimum Gasteiger partial charge on any atom is -0.335 e. The molecule has 37 heteroatoms. The summed E-state index contributed by atoms with van der Waals surface area (Å²) in [5.74, 6) is 3.58. The number of imidazole rings is 4. The zero-order valence-electron chi connectivity index (χ0n) is 78.2. The summed E-state index contributed by atoms with van der Waals surface area (Å²) >= 11 is 0. The third-order valence-corrected chi connectivity index (χ3v) is 26.1. The second-order valence-electron chi connectivity index (χ2n) is 35.8. The number of nitrogens with zero attached hydrogens (tertiary/aromatic N) is 25. The van der Waals surface area contributed by atoms with Gasteiger partial charge in [-0.05, 0) is 146 Å². The van der Waals surface area contributed by atoms with Gasteiger partial charge in [0.25, 0.3) is 0 Å². The summed E-state index contributed by atoms with van der Waals surface area (Å²) in [6.45, 7) is 3.40. The van der Waals surface area contributed by atoms with Gasteiger partial charge in [0, 0.05) is 210 Å². The molecule has 0 aliphatic heterocycles. The van der Waals surface area contributed by atoms with Crippen molar-refractivity contribution in [1.82, 2.24) is 176 Å². The second kappa shape index (κ2) is 40.5. The standard InChI is InChI=1S/C30H23N9.C29H25N9O.C29H27N9.C21H13N9/c1-2-6-19(7-3-1)12-31-13-20-10-21(15-32-14-20)22-11-23-28(38-39-29(23)35-16-22)30-36-26-18-33-17-24(27(26)37-30)25-8-4-5-9-34-25;39-29(17-6-2-1-3-7-17)34-20-10-18(12-30-14-20)19-11-21-26(37-38-27(21)33-13-19)28-35-24-16-31-15-22(25(24)36-28)23-8-4-5-9-32-23;1-2-6-18(5-1)11-30-12-19-9-20(14-31-13-19)21-10-22-27(37-38-28(22)34-15-21)29-35-25-17-32-16-23(26(25)36-29)24-7-3-4-8-33-24;1-2-4-25-16(3-1)15-9-22-10-17-18(15)28-21(27-17)19-14-5-12(8-26-20(14)30-29-19)13-6-23-11-24-7-13/h1-11,14-18,31H,12-13H2,(H,36,37)(H,35,38,39);4-5,8-17H,1-3,6-7H2,(H,34,39)(H,35,36)(H,33,37,38);3-4,7-10,13-18,30H,1-2,5-6,11-12H2,(H,35,36)(H,34,37,38);1-11H,(H,27,28)(H,26,29,30). The van der Waals surface area contributed by atoms with Gasteiger partial charge in [-0.25, -0.2) is 49.8 Å². The molecule has 2 fully saturated rings. The van der Waals surface area contributed by atoms with Gasteiger partial charge in [0.15, 0.2) is 45.9 Å². The van der Waals surface area contributed by atoms with Crippen LogP contribution < -0.4 is 16.0 Å². The fraction of sp³-hybridized carbons (Fsp3) is 0.138. The van der Waals surface area contributed by atoms with Crippen LogP contribution in [0.4, 0.5) is 5.69 Å². The number of carbonyl (C=O) groups is 1. The van der Waals surface area contributed by atoms with Crippen molar-refractivity contribution in [1.29, 1.82) is 0 Å². The lowest BCUT2D eigenvalue weighted by molar-refractivity contribution is -0.120. The minimum atomic E-state index is 0.0730. The summed E-state index contributed by atoms with van der Waals surface area (Å²) in [6.07, 6.45) is 55.2. The number of amides is 1. The van der Waals surface area contributed by atoms with Crippen LogP contribution in [0.1, 0.15) is 74.5 Å². The Balaban J connectivity index is 0.000000105. The SMILES string of the molecule is O=C(Nc1cncc(-c2cnc3n[nH]c(-c4nc5c(-c6ccccn6)cncc5[nH]4)c3c2)c1)C1CCCCC1.c1ccc(-c2cncc3[nH]c(-c4[nH]nc5ncc(-c6cncc(CNCC7CCCC7)c6)cc45)nc23)nc1.c1ccc(-c2cncc3[nH]c(-c4[nH]nc5ncc(-c6cncnc6)cc45)nc23)nc1.c1ccc(CNCc2cncc(-c3cnc4n[nH]c(-c5nc6c(-c7ccccn7)cncc6[nH]5)c4c3)c2)cc1. The summed E-state index contributed by atoms with van der Waals surface area (Å²) in [6, 6.07) is 47.9. The summed E-state index contributed by atoms with van der Waals surface area (Å²) in [5.41, 5.74) is 30.2. The molecule has 27 rings (SSSR count). The Morgan fingerprint density at radius 2 is 0.630 bits per heavy atom. The Bertz CT molecular complexity index is 8970. The van der Waals surface area contributed by atoms with E-state index in [1.165, 1.54) is 49.6 Å². The number of aromatic nitrogens is 33. The molecule has 2 aliphatic rings. The Morgan fingerprint density at radius 1 is 0.295 bits per heavy atom. The van der Waals surface area contributed by atoms with Crippen molar-refractivity contribution >= 4 is 99.9 Å². The molecule has 37 nitrogen and oxygen atoms in total. The van der Waals surface area contributed by atoms with Gasteiger partial charge >= 0.3 is 0 Å². The predicted octanol–water partition coefficient (Wildman–Crippen LogP) is 19.6. The molecule has 25 aromatic rings. The number of aromatic amines is 8.